The standard InChI is InChI=1S/C14H17N3O2/c1-10(2)17(9-14(18)19-3)13-8-15-16-12-7-5-4-6-11(12)13/h4-8,10H,9H2,1-3H3. The van der Waals surface area contributed by atoms with Crippen molar-refractivity contribution in [2.24, 2.45) is 0 Å². The molecule has 5 heteroatoms. The van der Waals surface area contributed by atoms with Crippen LogP contribution in [0.2, 0.25) is 0 Å². The molecule has 0 saturated carbocycles. The summed E-state index contributed by atoms with van der Waals surface area (Å²) in [5.74, 6) is -0.269. The summed E-state index contributed by atoms with van der Waals surface area (Å²) in [6, 6.07) is 7.91. The molecule has 100 valence electrons. The number of ether oxygens (including phenoxy) is 1. The van der Waals surface area contributed by atoms with Crippen molar-refractivity contribution < 1.29 is 9.53 Å². The van der Waals surface area contributed by atoms with Gasteiger partial charge in [0.05, 0.1) is 24.5 Å². The molecular weight excluding hydrogens is 242 g/mol. The molecule has 2 aromatic rings. The number of hydrogen-bond donors (Lipinski definition) is 0. The molecule has 0 amide bonds. The zero-order valence-corrected chi connectivity index (χ0v) is 11.3. The molecule has 0 atom stereocenters. The normalized spacial score (nSPS) is 10.7. The van der Waals surface area contributed by atoms with E-state index in [-0.39, 0.29) is 18.6 Å². The van der Waals surface area contributed by atoms with E-state index in [1.807, 2.05) is 43.0 Å². The molecule has 5 nitrogen and oxygen atoms in total. The van der Waals surface area contributed by atoms with Crippen molar-refractivity contribution in [3.05, 3.63) is 30.5 Å². The Morgan fingerprint density at radius 3 is 2.79 bits per heavy atom. The molecule has 2 rings (SSSR count). The molecule has 19 heavy (non-hydrogen) atoms. The zero-order valence-electron chi connectivity index (χ0n) is 11.3. The van der Waals surface area contributed by atoms with Gasteiger partial charge < -0.3 is 9.64 Å². The molecule has 1 aromatic carbocycles. The Hall–Kier alpha value is -2.17. The number of anilines is 1. The highest BCUT2D eigenvalue weighted by Gasteiger charge is 2.17. The van der Waals surface area contributed by atoms with E-state index in [2.05, 4.69) is 10.2 Å². The lowest BCUT2D eigenvalue weighted by atomic mass is 10.1. The van der Waals surface area contributed by atoms with Crippen LogP contribution in [0.15, 0.2) is 30.5 Å². The van der Waals surface area contributed by atoms with Gasteiger partial charge in [0.1, 0.15) is 6.54 Å². The van der Waals surface area contributed by atoms with Crippen LogP contribution in [0.25, 0.3) is 10.9 Å². The smallest absolute Gasteiger partial charge is 0.325 e. The summed E-state index contributed by atoms with van der Waals surface area (Å²) in [5.41, 5.74) is 1.71. The SMILES string of the molecule is COC(=O)CN(c1cnnc2ccccc12)C(C)C. The molecule has 0 aliphatic carbocycles. The van der Waals surface area contributed by atoms with E-state index in [1.165, 1.54) is 7.11 Å². The Balaban J connectivity index is 2.47. The second-order valence-electron chi connectivity index (χ2n) is 4.54. The van der Waals surface area contributed by atoms with Crippen molar-refractivity contribution in [1.29, 1.82) is 0 Å². The van der Waals surface area contributed by atoms with Crippen LogP contribution < -0.4 is 4.90 Å². The van der Waals surface area contributed by atoms with Gasteiger partial charge in [-0.05, 0) is 19.9 Å². The lowest BCUT2D eigenvalue weighted by Gasteiger charge is -2.28. The van der Waals surface area contributed by atoms with Gasteiger partial charge in [-0.2, -0.15) is 10.2 Å². The average Bonchev–Trinajstić information content (AvgIpc) is 2.43. The fraction of sp³-hybridized carbons (Fsp3) is 0.357. The summed E-state index contributed by atoms with van der Waals surface area (Å²) >= 11 is 0. The maximum absolute atomic E-state index is 11.5. The lowest BCUT2D eigenvalue weighted by Crippen LogP contribution is -2.36. The third kappa shape index (κ3) is 2.81. The largest absolute Gasteiger partial charge is 0.468 e. The predicted molar refractivity (Wildman–Crippen MR) is 74.0 cm³/mol. The Morgan fingerprint density at radius 1 is 1.37 bits per heavy atom. The molecule has 0 saturated heterocycles. The second-order valence-corrected chi connectivity index (χ2v) is 4.54. The van der Waals surface area contributed by atoms with E-state index in [9.17, 15) is 4.79 Å². The first-order valence-corrected chi connectivity index (χ1v) is 6.17. The number of benzene rings is 1. The molecule has 0 spiro atoms. The van der Waals surface area contributed by atoms with Crippen LogP contribution >= 0.6 is 0 Å². The number of carbonyl (C=O) groups is 1. The van der Waals surface area contributed by atoms with Crippen LogP contribution in [-0.4, -0.2) is 35.9 Å². The Kier molecular flexibility index (Phi) is 3.94. The Morgan fingerprint density at radius 2 is 2.11 bits per heavy atom. The minimum atomic E-state index is -0.269. The summed E-state index contributed by atoms with van der Waals surface area (Å²) in [7, 11) is 1.39. The first kappa shape index (κ1) is 13.3. The molecule has 1 aromatic heterocycles. The monoisotopic (exact) mass is 259 g/mol. The van der Waals surface area contributed by atoms with Crippen LogP contribution in [-0.2, 0) is 9.53 Å². The van der Waals surface area contributed by atoms with E-state index in [4.69, 9.17) is 4.74 Å². The lowest BCUT2D eigenvalue weighted by molar-refractivity contribution is -0.139. The Bertz CT molecular complexity index is 578. The van der Waals surface area contributed by atoms with Gasteiger partial charge in [0.25, 0.3) is 0 Å². The van der Waals surface area contributed by atoms with Crippen LogP contribution in [0.4, 0.5) is 5.69 Å². The summed E-state index contributed by atoms with van der Waals surface area (Å²) in [4.78, 5) is 13.5. The molecule has 0 radical (unpaired) electrons. The highest BCUT2D eigenvalue weighted by Crippen LogP contribution is 2.25. The van der Waals surface area contributed by atoms with Gasteiger partial charge in [-0.15, -0.1) is 0 Å². The van der Waals surface area contributed by atoms with E-state index < -0.39 is 0 Å². The summed E-state index contributed by atoms with van der Waals surface area (Å²) in [6.45, 7) is 4.25. The minimum absolute atomic E-state index is 0.159. The third-order valence-electron chi connectivity index (χ3n) is 2.99. The first-order chi connectivity index (χ1) is 9.13. The number of rotatable bonds is 4. The average molecular weight is 259 g/mol. The van der Waals surface area contributed by atoms with Crippen molar-refractivity contribution in [2.45, 2.75) is 19.9 Å². The first-order valence-electron chi connectivity index (χ1n) is 6.17. The summed E-state index contributed by atoms with van der Waals surface area (Å²) < 4.78 is 4.75. The highest BCUT2D eigenvalue weighted by atomic mass is 16.5. The molecule has 0 aliphatic heterocycles. The highest BCUT2D eigenvalue weighted by molar-refractivity contribution is 5.92. The van der Waals surface area contributed by atoms with Crippen molar-refractivity contribution in [3.63, 3.8) is 0 Å². The van der Waals surface area contributed by atoms with Crippen molar-refractivity contribution in [3.8, 4) is 0 Å². The number of esters is 1. The summed E-state index contributed by atoms with van der Waals surface area (Å²) in [5, 5.41) is 9.08. The molecule has 1 heterocycles. The van der Waals surface area contributed by atoms with Gasteiger partial charge in [-0.3, -0.25) is 4.79 Å². The maximum Gasteiger partial charge on any atom is 0.325 e. The molecular formula is C14H17N3O2. The fourth-order valence-corrected chi connectivity index (χ4v) is 1.97. The van der Waals surface area contributed by atoms with Gasteiger partial charge in [-0.1, -0.05) is 18.2 Å². The van der Waals surface area contributed by atoms with E-state index in [0.717, 1.165) is 16.6 Å². The van der Waals surface area contributed by atoms with E-state index in [1.54, 1.807) is 6.20 Å². The summed E-state index contributed by atoms with van der Waals surface area (Å²) in [6.07, 6.45) is 1.69. The van der Waals surface area contributed by atoms with Gasteiger partial charge in [-0.25, -0.2) is 0 Å². The van der Waals surface area contributed by atoms with E-state index >= 15 is 0 Å². The van der Waals surface area contributed by atoms with Crippen molar-refractivity contribution in [1.82, 2.24) is 10.2 Å². The predicted octanol–water partition coefficient (Wildman–Crippen LogP) is 2.02. The van der Waals surface area contributed by atoms with Crippen molar-refractivity contribution >= 4 is 22.6 Å². The number of nitrogens with zero attached hydrogens (tertiary/aromatic N) is 3. The molecule has 0 bridgehead atoms. The van der Waals surface area contributed by atoms with Gasteiger partial charge >= 0.3 is 5.97 Å². The molecule has 0 N–H and O–H groups in total. The van der Waals surface area contributed by atoms with Gasteiger partial charge in [0.15, 0.2) is 0 Å². The zero-order chi connectivity index (χ0) is 13.8. The van der Waals surface area contributed by atoms with Crippen molar-refractivity contribution in [2.75, 3.05) is 18.6 Å². The number of fused-ring (bicyclic) bond motifs is 1. The maximum atomic E-state index is 11.5. The number of methoxy groups -OCH3 is 1. The topological polar surface area (TPSA) is 55.3 Å². The third-order valence-corrected chi connectivity index (χ3v) is 2.99. The molecule has 0 aliphatic rings. The number of hydrogen-bond acceptors (Lipinski definition) is 5. The van der Waals surface area contributed by atoms with Crippen LogP contribution in [0.5, 0.6) is 0 Å². The Labute approximate surface area is 112 Å². The molecule has 0 fully saturated rings. The van der Waals surface area contributed by atoms with Gasteiger partial charge in [0.2, 0.25) is 0 Å². The van der Waals surface area contributed by atoms with E-state index in [0.29, 0.717) is 0 Å². The van der Waals surface area contributed by atoms with Gasteiger partial charge in [0, 0.05) is 11.4 Å². The molecule has 0 unspecified atom stereocenters. The van der Waals surface area contributed by atoms with Crippen LogP contribution in [0.1, 0.15) is 13.8 Å². The number of carbonyl (C=O) groups excluding carboxylic acids is 1. The quantitative estimate of drug-likeness (QED) is 0.786. The van der Waals surface area contributed by atoms with Crippen LogP contribution in [0, 0.1) is 0 Å². The minimum Gasteiger partial charge on any atom is -0.468 e. The second kappa shape index (κ2) is 5.65. The van der Waals surface area contributed by atoms with Crippen LogP contribution in [0.3, 0.4) is 0 Å². The fourth-order valence-electron chi connectivity index (χ4n) is 1.97. The number of aromatic nitrogens is 2.